The van der Waals surface area contributed by atoms with Crippen LogP contribution in [0.2, 0.25) is 0 Å². The van der Waals surface area contributed by atoms with Crippen LogP contribution in [0.4, 0.5) is 0 Å². The number of ether oxygens (including phenoxy) is 1. The lowest BCUT2D eigenvalue weighted by Crippen LogP contribution is -2.30. The van der Waals surface area contributed by atoms with Crippen LogP contribution in [0.15, 0.2) is 22.7 Å². The number of amides is 1. The highest BCUT2D eigenvalue weighted by atomic mass is 79.9. The molecular formula is C13H17BrN2O2. The molecule has 1 amide bonds. The Morgan fingerprint density at radius 2 is 2.28 bits per heavy atom. The Morgan fingerprint density at radius 3 is 2.94 bits per heavy atom. The van der Waals surface area contributed by atoms with Gasteiger partial charge in [0.2, 0.25) is 0 Å². The first-order valence-corrected chi connectivity index (χ1v) is 6.86. The number of carbonyl (C=O) groups is 1. The normalized spacial score (nSPS) is 14.3. The van der Waals surface area contributed by atoms with E-state index in [-0.39, 0.29) is 12.5 Å². The van der Waals surface area contributed by atoms with Gasteiger partial charge in [-0.25, -0.2) is 0 Å². The maximum absolute atomic E-state index is 11.5. The van der Waals surface area contributed by atoms with Crippen LogP contribution < -0.4 is 15.8 Å². The summed E-state index contributed by atoms with van der Waals surface area (Å²) in [7, 11) is 0. The molecule has 0 radical (unpaired) electrons. The standard InChI is InChI=1S/C13H17BrN2O2/c14-12-4-3-11(5-10(12)6-15)18-8-13(17)16-7-9-1-2-9/h3-5,9H,1-2,6-8,15H2,(H,16,17). The van der Waals surface area contributed by atoms with Gasteiger partial charge in [-0.3, -0.25) is 4.79 Å². The van der Waals surface area contributed by atoms with Gasteiger partial charge < -0.3 is 15.8 Å². The Morgan fingerprint density at radius 1 is 1.50 bits per heavy atom. The van der Waals surface area contributed by atoms with Crippen LogP contribution in [0, 0.1) is 5.92 Å². The summed E-state index contributed by atoms with van der Waals surface area (Å²) in [4.78, 5) is 11.5. The van der Waals surface area contributed by atoms with Gasteiger partial charge in [-0.15, -0.1) is 0 Å². The van der Waals surface area contributed by atoms with Gasteiger partial charge in [0, 0.05) is 17.6 Å². The fourth-order valence-electron chi connectivity index (χ4n) is 1.58. The molecule has 0 bridgehead atoms. The highest BCUT2D eigenvalue weighted by molar-refractivity contribution is 9.10. The molecule has 0 unspecified atom stereocenters. The molecule has 1 aromatic carbocycles. The third-order valence-corrected chi connectivity index (χ3v) is 3.67. The quantitative estimate of drug-likeness (QED) is 0.842. The average molecular weight is 313 g/mol. The number of carbonyl (C=O) groups excluding carboxylic acids is 1. The smallest absolute Gasteiger partial charge is 0.257 e. The van der Waals surface area contributed by atoms with E-state index in [1.165, 1.54) is 12.8 Å². The SMILES string of the molecule is NCc1cc(OCC(=O)NCC2CC2)ccc1Br. The summed E-state index contributed by atoms with van der Waals surface area (Å²) in [6.07, 6.45) is 2.46. The lowest BCUT2D eigenvalue weighted by molar-refractivity contribution is -0.123. The maximum Gasteiger partial charge on any atom is 0.257 e. The van der Waals surface area contributed by atoms with Crippen LogP contribution in [-0.4, -0.2) is 19.1 Å². The highest BCUT2D eigenvalue weighted by Crippen LogP contribution is 2.27. The highest BCUT2D eigenvalue weighted by Gasteiger charge is 2.21. The molecule has 1 aliphatic carbocycles. The lowest BCUT2D eigenvalue weighted by atomic mass is 10.2. The van der Waals surface area contributed by atoms with E-state index in [9.17, 15) is 4.79 Å². The van der Waals surface area contributed by atoms with Crippen LogP contribution in [-0.2, 0) is 11.3 Å². The Bertz CT molecular complexity index is 433. The van der Waals surface area contributed by atoms with Crippen LogP contribution >= 0.6 is 15.9 Å². The van der Waals surface area contributed by atoms with E-state index in [1.807, 2.05) is 18.2 Å². The number of hydrogen-bond acceptors (Lipinski definition) is 3. The first-order chi connectivity index (χ1) is 8.69. The van der Waals surface area contributed by atoms with E-state index in [2.05, 4.69) is 21.2 Å². The molecular weight excluding hydrogens is 296 g/mol. The molecule has 0 aliphatic heterocycles. The zero-order valence-electron chi connectivity index (χ0n) is 10.1. The number of hydrogen-bond donors (Lipinski definition) is 2. The Balaban J connectivity index is 1.79. The molecule has 0 saturated heterocycles. The van der Waals surface area contributed by atoms with Crippen molar-refractivity contribution >= 4 is 21.8 Å². The monoisotopic (exact) mass is 312 g/mol. The predicted molar refractivity (Wildman–Crippen MR) is 73.3 cm³/mol. The molecule has 0 aromatic heterocycles. The summed E-state index contributed by atoms with van der Waals surface area (Å²) in [6, 6.07) is 5.54. The van der Waals surface area contributed by atoms with Crippen molar-refractivity contribution in [3.63, 3.8) is 0 Å². The van der Waals surface area contributed by atoms with Gasteiger partial charge in [-0.2, -0.15) is 0 Å². The fraction of sp³-hybridized carbons (Fsp3) is 0.462. The number of halogens is 1. The average Bonchev–Trinajstić information content (AvgIpc) is 3.19. The third kappa shape index (κ3) is 3.99. The minimum absolute atomic E-state index is 0.0539. The number of nitrogens with two attached hydrogens (primary N) is 1. The summed E-state index contributed by atoms with van der Waals surface area (Å²) in [5.41, 5.74) is 6.56. The van der Waals surface area contributed by atoms with Gasteiger partial charge >= 0.3 is 0 Å². The van der Waals surface area contributed by atoms with Gasteiger partial charge in [-0.05, 0) is 42.5 Å². The molecule has 1 saturated carbocycles. The molecule has 4 nitrogen and oxygen atoms in total. The van der Waals surface area contributed by atoms with E-state index in [4.69, 9.17) is 10.5 Å². The zero-order chi connectivity index (χ0) is 13.0. The summed E-state index contributed by atoms with van der Waals surface area (Å²) < 4.78 is 6.38. The van der Waals surface area contributed by atoms with E-state index in [0.717, 1.165) is 16.6 Å². The molecule has 18 heavy (non-hydrogen) atoms. The second-order valence-electron chi connectivity index (χ2n) is 4.49. The molecule has 0 atom stereocenters. The minimum Gasteiger partial charge on any atom is -0.484 e. The minimum atomic E-state index is -0.0703. The van der Waals surface area contributed by atoms with Crippen LogP contribution in [0.1, 0.15) is 18.4 Å². The van der Waals surface area contributed by atoms with Crippen molar-refractivity contribution in [3.05, 3.63) is 28.2 Å². The Kier molecular flexibility index (Phi) is 4.60. The number of nitrogens with one attached hydrogen (secondary N) is 1. The second-order valence-corrected chi connectivity index (χ2v) is 5.35. The van der Waals surface area contributed by atoms with Crippen LogP contribution in [0.25, 0.3) is 0 Å². The predicted octanol–water partition coefficient (Wildman–Crippen LogP) is 1.81. The van der Waals surface area contributed by atoms with Gasteiger partial charge in [0.05, 0.1) is 0 Å². The molecule has 5 heteroatoms. The molecule has 0 spiro atoms. The Hall–Kier alpha value is -1.07. The topological polar surface area (TPSA) is 64.3 Å². The first-order valence-electron chi connectivity index (χ1n) is 6.07. The molecule has 3 N–H and O–H groups in total. The maximum atomic E-state index is 11.5. The van der Waals surface area contributed by atoms with Crippen molar-refractivity contribution in [2.75, 3.05) is 13.2 Å². The van der Waals surface area contributed by atoms with E-state index in [1.54, 1.807) is 0 Å². The van der Waals surface area contributed by atoms with Crippen LogP contribution in [0.3, 0.4) is 0 Å². The van der Waals surface area contributed by atoms with Gasteiger partial charge in [0.25, 0.3) is 5.91 Å². The third-order valence-electron chi connectivity index (χ3n) is 2.89. The molecule has 1 fully saturated rings. The summed E-state index contributed by atoms with van der Waals surface area (Å²) in [5, 5.41) is 2.86. The van der Waals surface area contributed by atoms with Crippen molar-refractivity contribution in [3.8, 4) is 5.75 Å². The van der Waals surface area contributed by atoms with Gasteiger partial charge in [0.15, 0.2) is 6.61 Å². The zero-order valence-corrected chi connectivity index (χ0v) is 11.7. The van der Waals surface area contributed by atoms with Gasteiger partial charge in [-0.1, -0.05) is 15.9 Å². The van der Waals surface area contributed by atoms with Crippen molar-refractivity contribution in [2.45, 2.75) is 19.4 Å². The largest absolute Gasteiger partial charge is 0.484 e. The molecule has 98 valence electrons. The van der Waals surface area contributed by atoms with Crippen molar-refractivity contribution in [1.29, 1.82) is 0 Å². The first kappa shape index (κ1) is 13.4. The van der Waals surface area contributed by atoms with Crippen molar-refractivity contribution in [1.82, 2.24) is 5.32 Å². The van der Waals surface area contributed by atoms with E-state index < -0.39 is 0 Å². The molecule has 0 heterocycles. The molecule has 1 aliphatic rings. The van der Waals surface area contributed by atoms with Crippen molar-refractivity contribution in [2.24, 2.45) is 11.7 Å². The molecule has 2 rings (SSSR count). The Labute approximate surface area is 115 Å². The molecule has 1 aromatic rings. The fourth-order valence-corrected chi connectivity index (χ4v) is 1.99. The van der Waals surface area contributed by atoms with E-state index in [0.29, 0.717) is 18.2 Å². The number of rotatable bonds is 6. The number of benzene rings is 1. The van der Waals surface area contributed by atoms with Crippen molar-refractivity contribution < 1.29 is 9.53 Å². The summed E-state index contributed by atoms with van der Waals surface area (Å²) in [6.45, 7) is 1.26. The second kappa shape index (κ2) is 6.20. The van der Waals surface area contributed by atoms with E-state index >= 15 is 0 Å². The summed E-state index contributed by atoms with van der Waals surface area (Å²) in [5.74, 6) is 1.28. The lowest BCUT2D eigenvalue weighted by Gasteiger charge is -2.09. The summed E-state index contributed by atoms with van der Waals surface area (Å²) >= 11 is 3.40. The van der Waals surface area contributed by atoms with Gasteiger partial charge in [0.1, 0.15) is 5.75 Å². The van der Waals surface area contributed by atoms with Crippen LogP contribution in [0.5, 0.6) is 5.75 Å².